The fourth-order valence-electron chi connectivity index (χ4n) is 10.4. The molecule has 1 aromatic heterocycles. The molecule has 1 aliphatic carbocycles. The number of nitrogens with zero attached hydrogens (tertiary/aromatic N) is 1. The van der Waals surface area contributed by atoms with Crippen LogP contribution >= 0.6 is 0 Å². The van der Waals surface area contributed by atoms with E-state index >= 15 is 0 Å². The Bertz CT molecular complexity index is 3490. The van der Waals surface area contributed by atoms with Crippen molar-refractivity contribution in [3.8, 4) is 61.5 Å². The first-order valence-electron chi connectivity index (χ1n) is 21.0. The van der Waals surface area contributed by atoms with Gasteiger partial charge in [-0.25, -0.2) is 0 Å². The second-order valence-corrected chi connectivity index (χ2v) is 16.8. The number of aromatic nitrogens is 1. The molecule has 0 saturated carbocycles. The molecule has 0 N–H and O–H groups in total. The molecule has 1 aliphatic rings. The third-order valence-corrected chi connectivity index (χ3v) is 13.2. The molecule has 1 heterocycles. The van der Waals surface area contributed by atoms with Crippen LogP contribution in [0.5, 0.6) is 0 Å². The largest absolute Gasteiger partial charge is 0.307 e. The van der Waals surface area contributed by atoms with Gasteiger partial charge in [0.05, 0.1) is 16.9 Å². The van der Waals surface area contributed by atoms with Crippen LogP contribution in [0.1, 0.15) is 25.0 Å². The van der Waals surface area contributed by atoms with E-state index in [4.69, 9.17) is 0 Å². The molecule has 0 spiro atoms. The van der Waals surface area contributed by atoms with Crippen LogP contribution in [0.2, 0.25) is 0 Å². The molecule has 0 saturated heterocycles. The zero-order valence-corrected chi connectivity index (χ0v) is 33.7. The SMILES string of the molecule is CC1(C)c2ccccc2-c2ccc(-c3cccc4c3ccc3c(-c5ccccc5)c(-c5ccccc5)n(-c5ccc(-c6ccc7ccccc7c6)c6ccccc56)c34)cc21. The molecule has 0 amide bonds. The summed E-state index contributed by atoms with van der Waals surface area (Å²) in [6.07, 6.45) is 0. The van der Waals surface area contributed by atoms with Gasteiger partial charge in [-0.3, -0.25) is 0 Å². The van der Waals surface area contributed by atoms with E-state index in [2.05, 4.69) is 231 Å². The van der Waals surface area contributed by atoms with Gasteiger partial charge in [-0.15, -0.1) is 0 Å². The maximum atomic E-state index is 2.58. The lowest BCUT2D eigenvalue weighted by Gasteiger charge is -2.22. The third kappa shape index (κ3) is 5.12. The molecular weight excluding hydrogens is 723 g/mol. The van der Waals surface area contributed by atoms with E-state index in [9.17, 15) is 0 Å². The predicted octanol–water partition coefficient (Wildman–Crippen LogP) is 16.1. The predicted molar refractivity (Wildman–Crippen MR) is 255 cm³/mol. The van der Waals surface area contributed by atoms with Crippen molar-refractivity contribution in [2.24, 2.45) is 0 Å². The first-order valence-corrected chi connectivity index (χ1v) is 21.0. The minimum absolute atomic E-state index is 0.0796. The maximum absolute atomic E-state index is 2.58. The fraction of sp³-hybridized carbons (Fsp3) is 0.0508. The second kappa shape index (κ2) is 13.3. The summed E-state index contributed by atoms with van der Waals surface area (Å²) >= 11 is 0. The molecule has 282 valence electrons. The van der Waals surface area contributed by atoms with Crippen LogP contribution in [0, 0.1) is 0 Å². The van der Waals surface area contributed by atoms with Crippen LogP contribution < -0.4 is 0 Å². The van der Waals surface area contributed by atoms with Crippen molar-refractivity contribution in [3.63, 3.8) is 0 Å². The fourth-order valence-corrected chi connectivity index (χ4v) is 10.4. The highest BCUT2D eigenvalue weighted by Gasteiger charge is 2.35. The van der Waals surface area contributed by atoms with Crippen molar-refractivity contribution < 1.29 is 0 Å². The van der Waals surface area contributed by atoms with Crippen LogP contribution in [0.3, 0.4) is 0 Å². The summed E-state index contributed by atoms with van der Waals surface area (Å²) in [6, 6.07) is 78.8. The Morgan fingerprint density at radius 3 is 1.73 bits per heavy atom. The maximum Gasteiger partial charge on any atom is 0.0620 e. The lowest BCUT2D eigenvalue weighted by atomic mass is 9.81. The Balaban J connectivity index is 1.17. The van der Waals surface area contributed by atoms with E-state index in [-0.39, 0.29) is 5.41 Å². The molecule has 10 aromatic carbocycles. The van der Waals surface area contributed by atoms with Crippen LogP contribution in [-0.4, -0.2) is 4.57 Å². The smallest absolute Gasteiger partial charge is 0.0620 e. The van der Waals surface area contributed by atoms with Gasteiger partial charge < -0.3 is 4.57 Å². The molecule has 0 bridgehead atoms. The quantitative estimate of drug-likeness (QED) is 0.165. The summed E-state index contributed by atoms with van der Waals surface area (Å²) in [5.74, 6) is 0. The molecule has 1 heteroatoms. The van der Waals surface area contributed by atoms with Gasteiger partial charge in [0.2, 0.25) is 0 Å². The lowest BCUT2D eigenvalue weighted by Crippen LogP contribution is -2.14. The van der Waals surface area contributed by atoms with Crippen LogP contribution in [-0.2, 0) is 5.41 Å². The Morgan fingerprint density at radius 2 is 0.900 bits per heavy atom. The summed E-state index contributed by atoms with van der Waals surface area (Å²) in [5, 5.41) is 8.65. The van der Waals surface area contributed by atoms with E-state index in [0.29, 0.717) is 0 Å². The molecule has 1 nitrogen and oxygen atoms in total. The topological polar surface area (TPSA) is 4.93 Å². The minimum Gasteiger partial charge on any atom is -0.307 e. The zero-order chi connectivity index (χ0) is 40.0. The molecule has 11 aromatic rings. The average molecular weight is 764 g/mol. The van der Waals surface area contributed by atoms with Gasteiger partial charge in [0.25, 0.3) is 0 Å². The number of rotatable bonds is 5. The number of fused-ring (bicyclic) bond motifs is 8. The molecule has 0 unspecified atom stereocenters. The normalized spacial score (nSPS) is 13.0. The summed E-state index contributed by atoms with van der Waals surface area (Å²) in [5.41, 5.74) is 17.5. The van der Waals surface area contributed by atoms with Gasteiger partial charge >= 0.3 is 0 Å². The number of hydrogen-bond donors (Lipinski definition) is 0. The Labute approximate surface area is 350 Å². The van der Waals surface area contributed by atoms with Crippen LogP contribution in [0.15, 0.2) is 212 Å². The molecule has 0 radical (unpaired) electrons. The zero-order valence-electron chi connectivity index (χ0n) is 33.7. The Morgan fingerprint density at radius 1 is 0.333 bits per heavy atom. The standard InChI is InChI=1S/C59H41N/c1-59(2)53-27-14-13-23-48(53)49-31-30-43(37-54(49)59)44-25-15-26-51-47(44)32-33-52-56(39-17-5-3-6-18-39)57(40-19-7-4-8-20-40)60(58(51)52)55-35-34-45(46-22-11-12-24-50(46)55)42-29-28-38-16-9-10-21-41(38)36-42/h3-37H,1-2H3. The Hall–Kier alpha value is -7.48. The van der Waals surface area contributed by atoms with Gasteiger partial charge in [0.1, 0.15) is 0 Å². The highest BCUT2D eigenvalue weighted by atomic mass is 15.0. The molecule has 12 rings (SSSR count). The first kappa shape index (κ1) is 34.6. The van der Waals surface area contributed by atoms with Gasteiger partial charge in [-0.1, -0.05) is 208 Å². The highest BCUT2D eigenvalue weighted by Crippen LogP contribution is 2.51. The van der Waals surface area contributed by atoms with Crippen molar-refractivity contribution >= 4 is 43.2 Å². The van der Waals surface area contributed by atoms with E-state index in [1.807, 2.05) is 0 Å². The van der Waals surface area contributed by atoms with E-state index < -0.39 is 0 Å². The number of benzene rings is 10. The van der Waals surface area contributed by atoms with Crippen molar-refractivity contribution in [2.45, 2.75) is 19.3 Å². The molecule has 0 aliphatic heterocycles. The van der Waals surface area contributed by atoms with Crippen LogP contribution in [0.4, 0.5) is 0 Å². The van der Waals surface area contributed by atoms with E-state index in [0.717, 1.165) is 5.69 Å². The minimum atomic E-state index is -0.0796. The van der Waals surface area contributed by atoms with Crippen molar-refractivity contribution in [3.05, 3.63) is 223 Å². The van der Waals surface area contributed by atoms with Gasteiger partial charge in [-0.2, -0.15) is 0 Å². The van der Waals surface area contributed by atoms with Crippen molar-refractivity contribution in [1.82, 2.24) is 4.57 Å². The highest BCUT2D eigenvalue weighted by molar-refractivity contribution is 6.19. The lowest BCUT2D eigenvalue weighted by molar-refractivity contribution is 0.660. The molecular formula is C59H41N. The van der Waals surface area contributed by atoms with Gasteiger partial charge in [-0.05, 0) is 95.4 Å². The summed E-state index contributed by atoms with van der Waals surface area (Å²) in [4.78, 5) is 0. The van der Waals surface area contributed by atoms with E-state index in [1.165, 1.54) is 110 Å². The third-order valence-electron chi connectivity index (χ3n) is 13.2. The summed E-state index contributed by atoms with van der Waals surface area (Å²) in [7, 11) is 0. The average Bonchev–Trinajstić information content (AvgIpc) is 3.77. The summed E-state index contributed by atoms with van der Waals surface area (Å²) < 4.78 is 2.58. The monoisotopic (exact) mass is 763 g/mol. The molecule has 60 heavy (non-hydrogen) atoms. The van der Waals surface area contributed by atoms with Crippen molar-refractivity contribution in [1.29, 1.82) is 0 Å². The second-order valence-electron chi connectivity index (χ2n) is 16.8. The molecule has 0 atom stereocenters. The van der Waals surface area contributed by atoms with Crippen LogP contribution in [0.25, 0.3) is 105 Å². The summed E-state index contributed by atoms with van der Waals surface area (Å²) in [6.45, 7) is 4.74. The number of hydrogen-bond acceptors (Lipinski definition) is 0. The van der Waals surface area contributed by atoms with Gasteiger partial charge in [0, 0.05) is 27.1 Å². The van der Waals surface area contributed by atoms with Gasteiger partial charge in [0.15, 0.2) is 0 Å². The van der Waals surface area contributed by atoms with Crippen molar-refractivity contribution in [2.75, 3.05) is 0 Å². The Kier molecular flexibility index (Phi) is 7.65. The first-order chi connectivity index (χ1) is 29.5. The van der Waals surface area contributed by atoms with E-state index in [1.54, 1.807) is 0 Å². The molecule has 0 fully saturated rings.